The lowest BCUT2D eigenvalue weighted by atomic mass is 9.98. The molecule has 0 bridgehead atoms. The molecule has 2 fully saturated rings. The summed E-state index contributed by atoms with van der Waals surface area (Å²) in [5.41, 5.74) is -0.387. The van der Waals surface area contributed by atoms with Gasteiger partial charge >= 0.3 is 0 Å². The summed E-state index contributed by atoms with van der Waals surface area (Å²) in [7, 11) is 0. The Morgan fingerprint density at radius 2 is 2.07 bits per heavy atom. The summed E-state index contributed by atoms with van der Waals surface area (Å²) in [5.74, 6) is 0.767. The molecular weight excluding hydrogens is 188 g/mol. The molecule has 0 amide bonds. The van der Waals surface area contributed by atoms with Crippen molar-refractivity contribution in [2.75, 3.05) is 26.2 Å². The molecule has 15 heavy (non-hydrogen) atoms. The van der Waals surface area contributed by atoms with Crippen LogP contribution in [0.2, 0.25) is 0 Å². The molecule has 1 aliphatic heterocycles. The third kappa shape index (κ3) is 3.44. The van der Waals surface area contributed by atoms with E-state index in [1.165, 1.54) is 32.2 Å². The van der Waals surface area contributed by atoms with Crippen molar-refractivity contribution in [3.05, 3.63) is 0 Å². The zero-order valence-corrected chi connectivity index (χ0v) is 9.60. The molecule has 1 atom stereocenters. The molecule has 3 nitrogen and oxygen atoms in total. The minimum atomic E-state index is -0.387. The molecule has 0 radical (unpaired) electrons. The van der Waals surface area contributed by atoms with Crippen LogP contribution in [-0.2, 0) is 0 Å². The van der Waals surface area contributed by atoms with Gasteiger partial charge in [-0.15, -0.1) is 0 Å². The van der Waals surface area contributed by atoms with Gasteiger partial charge in [-0.05, 0) is 51.2 Å². The highest BCUT2D eigenvalue weighted by molar-refractivity contribution is 4.86. The van der Waals surface area contributed by atoms with Crippen molar-refractivity contribution in [1.82, 2.24) is 10.6 Å². The summed E-state index contributed by atoms with van der Waals surface area (Å²) in [6, 6.07) is 0. The van der Waals surface area contributed by atoms with Crippen LogP contribution in [0.4, 0.5) is 0 Å². The second kappa shape index (κ2) is 5.28. The van der Waals surface area contributed by atoms with Gasteiger partial charge in [0, 0.05) is 6.54 Å². The average molecular weight is 212 g/mol. The molecule has 0 aromatic rings. The van der Waals surface area contributed by atoms with E-state index in [0.717, 1.165) is 38.4 Å². The van der Waals surface area contributed by atoms with E-state index in [2.05, 4.69) is 10.6 Å². The zero-order valence-electron chi connectivity index (χ0n) is 9.60. The monoisotopic (exact) mass is 212 g/mol. The van der Waals surface area contributed by atoms with Crippen LogP contribution >= 0.6 is 0 Å². The van der Waals surface area contributed by atoms with Crippen LogP contribution in [0, 0.1) is 5.92 Å². The van der Waals surface area contributed by atoms with Crippen molar-refractivity contribution in [3.8, 4) is 0 Å². The van der Waals surface area contributed by atoms with E-state index in [0.29, 0.717) is 0 Å². The molecule has 2 rings (SSSR count). The Kier molecular flexibility index (Phi) is 4.00. The summed E-state index contributed by atoms with van der Waals surface area (Å²) in [5, 5.41) is 17.0. The number of nitrogens with one attached hydrogen (secondary N) is 2. The van der Waals surface area contributed by atoms with Gasteiger partial charge in [0.25, 0.3) is 0 Å². The number of rotatable bonds is 4. The fourth-order valence-electron chi connectivity index (χ4n) is 2.82. The van der Waals surface area contributed by atoms with Crippen LogP contribution in [0.5, 0.6) is 0 Å². The molecule has 0 aromatic carbocycles. The summed E-state index contributed by atoms with van der Waals surface area (Å²) < 4.78 is 0. The first-order valence-corrected chi connectivity index (χ1v) is 6.42. The third-order valence-corrected chi connectivity index (χ3v) is 3.82. The predicted octanol–water partition coefficient (Wildman–Crippen LogP) is 0.881. The van der Waals surface area contributed by atoms with E-state index in [4.69, 9.17) is 0 Å². The van der Waals surface area contributed by atoms with Crippen molar-refractivity contribution in [3.63, 3.8) is 0 Å². The van der Waals surface area contributed by atoms with Crippen LogP contribution < -0.4 is 10.6 Å². The Morgan fingerprint density at radius 1 is 1.27 bits per heavy atom. The Labute approximate surface area is 92.6 Å². The molecule has 3 N–H and O–H groups in total. The van der Waals surface area contributed by atoms with Crippen LogP contribution in [0.25, 0.3) is 0 Å². The SMILES string of the molecule is OC1(CNCC2CCCNC2)CCCC1. The van der Waals surface area contributed by atoms with E-state index >= 15 is 0 Å². The normalized spacial score (nSPS) is 30.6. The number of hydrogen-bond acceptors (Lipinski definition) is 3. The molecule has 0 aromatic heterocycles. The smallest absolute Gasteiger partial charge is 0.0771 e. The van der Waals surface area contributed by atoms with Gasteiger partial charge in [0.15, 0.2) is 0 Å². The number of hydrogen-bond donors (Lipinski definition) is 3. The largest absolute Gasteiger partial charge is 0.389 e. The first kappa shape index (κ1) is 11.4. The second-order valence-electron chi connectivity index (χ2n) is 5.27. The molecule has 1 saturated carbocycles. The number of aliphatic hydroxyl groups is 1. The highest BCUT2D eigenvalue weighted by atomic mass is 16.3. The molecule has 88 valence electrons. The number of piperidine rings is 1. The highest BCUT2D eigenvalue weighted by Crippen LogP contribution is 2.28. The topological polar surface area (TPSA) is 44.3 Å². The van der Waals surface area contributed by atoms with E-state index < -0.39 is 0 Å². The van der Waals surface area contributed by atoms with Crippen molar-refractivity contribution in [2.45, 2.75) is 44.1 Å². The van der Waals surface area contributed by atoms with E-state index in [9.17, 15) is 5.11 Å². The van der Waals surface area contributed by atoms with Crippen LogP contribution in [-0.4, -0.2) is 36.9 Å². The molecule has 1 unspecified atom stereocenters. The van der Waals surface area contributed by atoms with Crippen LogP contribution in [0.3, 0.4) is 0 Å². The molecule has 0 spiro atoms. The Bertz CT molecular complexity index is 184. The minimum Gasteiger partial charge on any atom is -0.389 e. The molecule has 1 heterocycles. The maximum absolute atomic E-state index is 10.1. The summed E-state index contributed by atoms with van der Waals surface area (Å²) in [6.45, 7) is 4.19. The van der Waals surface area contributed by atoms with Gasteiger partial charge in [-0.25, -0.2) is 0 Å². The fourth-order valence-corrected chi connectivity index (χ4v) is 2.82. The average Bonchev–Trinajstić information content (AvgIpc) is 2.67. The molecule has 1 aliphatic carbocycles. The van der Waals surface area contributed by atoms with Gasteiger partial charge in [-0.3, -0.25) is 0 Å². The van der Waals surface area contributed by atoms with Crippen molar-refractivity contribution < 1.29 is 5.11 Å². The standard InChI is InChI=1S/C12H24N2O/c15-12(5-1-2-6-12)10-14-9-11-4-3-7-13-8-11/h11,13-15H,1-10H2. The van der Waals surface area contributed by atoms with Gasteiger partial charge in [0.1, 0.15) is 0 Å². The molecular formula is C12H24N2O. The lowest BCUT2D eigenvalue weighted by Crippen LogP contribution is -2.42. The summed E-state index contributed by atoms with van der Waals surface area (Å²) >= 11 is 0. The predicted molar refractivity (Wildman–Crippen MR) is 61.9 cm³/mol. The van der Waals surface area contributed by atoms with Crippen molar-refractivity contribution in [2.24, 2.45) is 5.92 Å². The Balaban J connectivity index is 1.61. The van der Waals surface area contributed by atoms with E-state index in [1.807, 2.05) is 0 Å². The van der Waals surface area contributed by atoms with E-state index in [1.54, 1.807) is 0 Å². The Hall–Kier alpha value is -0.120. The maximum atomic E-state index is 10.1. The van der Waals surface area contributed by atoms with Gasteiger partial charge in [-0.1, -0.05) is 12.8 Å². The third-order valence-electron chi connectivity index (χ3n) is 3.82. The first-order chi connectivity index (χ1) is 7.29. The highest BCUT2D eigenvalue weighted by Gasteiger charge is 2.30. The first-order valence-electron chi connectivity index (χ1n) is 6.42. The molecule has 1 saturated heterocycles. The molecule has 2 aliphatic rings. The van der Waals surface area contributed by atoms with Crippen LogP contribution in [0.1, 0.15) is 38.5 Å². The van der Waals surface area contributed by atoms with Gasteiger partial charge in [0.05, 0.1) is 5.60 Å². The van der Waals surface area contributed by atoms with Gasteiger partial charge in [-0.2, -0.15) is 0 Å². The minimum absolute atomic E-state index is 0.387. The fraction of sp³-hybridized carbons (Fsp3) is 1.00. The summed E-state index contributed by atoms with van der Waals surface area (Å²) in [6.07, 6.45) is 7.01. The van der Waals surface area contributed by atoms with E-state index in [-0.39, 0.29) is 5.60 Å². The maximum Gasteiger partial charge on any atom is 0.0771 e. The zero-order chi connectivity index (χ0) is 10.6. The lowest BCUT2D eigenvalue weighted by Gasteiger charge is -2.26. The second-order valence-corrected chi connectivity index (χ2v) is 5.27. The van der Waals surface area contributed by atoms with Crippen molar-refractivity contribution in [1.29, 1.82) is 0 Å². The Morgan fingerprint density at radius 3 is 2.73 bits per heavy atom. The molecule has 3 heteroatoms. The van der Waals surface area contributed by atoms with Crippen molar-refractivity contribution >= 4 is 0 Å². The summed E-state index contributed by atoms with van der Waals surface area (Å²) in [4.78, 5) is 0. The van der Waals surface area contributed by atoms with Gasteiger partial charge in [0.2, 0.25) is 0 Å². The van der Waals surface area contributed by atoms with Crippen LogP contribution in [0.15, 0.2) is 0 Å². The van der Waals surface area contributed by atoms with Gasteiger partial charge < -0.3 is 15.7 Å². The quantitative estimate of drug-likeness (QED) is 0.648. The lowest BCUT2D eigenvalue weighted by molar-refractivity contribution is 0.0466.